The van der Waals surface area contributed by atoms with Gasteiger partial charge in [-0.15, -0.1) is 0 Å². The molecule has 0 saturated carbocycles. The summed E-state index contributed by atoms with van der Waals surface area (Å²) in [6.07, 6.45) is 1.61. The zero-order valence-electron chi connectivity index (χ0n) is 8.82. The Kier molecular flexibility index (Phi) is 3.46. The molecule has 14 heavy (non-hydrogen) atoms. The summed E-state index contributed by atoms with van der Waals surface area (Å²) in [5.74, 6) is -0.203. The number of likely N-dealkylation sites (N-methyl/N-ethyl adjacent to an activating group) is 1. The van der Waals surface area contributed by atoms with E-state index in [9.17, 15) is 9.59 Å². The van der Waals surface area contributed by atoms with Crippen LogP contribution in [0, 0.1) is 0 Å². The summed E-state index contributed by atoms with van der Waals surface area (Å²) in [7, 11) is 2.99. The van der Waals surface area contributed by atoms with Crippen molar-refractivity contribution in [3.63, 3.8) is 0 Å². The van der Waals surface area contributed by atoms with Crippen LogP contribution in [0.5, 0.6) is 0 Å². The molecule has 1 aliphatic heterocycles. The molecule has 0 spiro atoms. The molecule has 0 aromatic rings. The van der Waals surface area contributed by atoms with E-state index in [-0.39, 0.29) is 17.9 Å². The fraction of sp³-hybridized carbons (Fsp3) is 0.778. The number of rotatable bonds is 2. The number of carbonyl (C=O) groups is 2. The van der Waals surface area contributed by atoms with Crippen LogP contribution in [0.2, 0.25) is 0 Å². The van der Waals surface area contributed by atoms with Gasteiger partial charge in [-0.05, 0) is 12.8 Å². The lowest BCUT2D eigenvalue weighted by Crippen LogP contribution is -2.45. The molecule has 5 heteroatoms. The van der Waals surface area contributed by atoms with Crippen molar-refractivity contribution in [1.29, 1.82) is 0 Å². The van der Waals surface area contributed by atoms with E-state index in [1.807, 2.05) is 0 Å². The van der Waals surface area contributed by atoms with E-state index >= 15 is 0 Å². The Hall–Kier alpha value is -1.10. The van der Waals surface area contributed by atoms with Crippen molar-refractivity contribution in [2.45, 2.75) is 25.8 Å². The lowest BCUT2D eigenvalue weighted by atomic mass is 10.2. The van der Waals surface area contributed by atoms with Crippen LogP contribution in [0.25, 0.3) is 0 Å². The van der Waals surface area contributed by atoms with Gasteiger partial charge in [-0.1, -0.05) is 0 Å². The molecule has 1 atom stereocenters. The molecule has 0 bridgehead atoms. The van der Waals surface area contributed by atoms with Crippen LogP contribution >= 0.6 is 0 Å². The highest BCUT2D eigenvalue weighted by Gasteiger charge is 2.34. The van der Waals surface area contributed by atoms with Crippen molar-refractivity contribution >= 4 is 11.8 Å². The number of hydroxylamine groups is 2. The van der Waals surface area contributed by atoms with Crippen molar-refractivity contribution < 1.29 is 14.4 Å². The maximum Gasteiger partial charge on any atom is 0.268 e. The fourth-order valence-corrected chi connectivity index (χ4v) is 1.70. The van der Waals surface area contributed by atoms with E-state index in [0.29, 0.717) is 6.54 Å². The second-order valence-electron chi connectivity index (χ2n) is 3.39. The molecule has 0 aromatic carbocycles. The summed E-state index contributed by atoms with van der Waals surface area (Å²) in [5.41, 5.74) is 0. The van der Waals surface area contributed by atoms with E-state index in [4.69, 9.17) is 4.84 Å². The van der Waals surface area contributed by atoms with Gasteiger partial charge in [0.1, 0.15) is 6.04 Å². The molecule has 0 aliphatic carbocycles. The van der Waals surface area contributed by atoms with Crippen LogP contribution < -0.4 is 0 Å². The average molecular weight is 200 g/mol. The standard InChI is InChI=1S/C9H16N2O3/c1-7(12)11-6-4-5-8(11)9(13)10(2)14-3/h8H,4-6H2,1-3H3/t8-/m0/s1. The van der Waals surface area contributed by atoms with E-state index < -0.39 is 0 Å². The smallest absolute Gasteiger partial charge is 0.268 e. The topological polar surface area (TPSA) is 49.9 Å². The minimum atomic E-state index is -0.336. The van der Waals surface area contributed by atoms with Crippen LogP contribution in [0.1, 0.15) is 19.8 Å². The predicted molar refractivity (Wildman–Crippen MR) is 50.2 cm³/mol. The maximum atomic E-state index is 11.7. The van der Waals surface area contributed by atoms with Gasteiger partial charge in [0.2, 0.25) is 5.91 Å². The minimum Gasteiger partial charge on any atom is -0.331 e. The highest BCUT2D eigenvalue weighted by Crippen LogP contribution is 2.18. The summed E-state index contributed by atoms with van der Waals surface area (Å²) in [5, 5.41) is 1.17. The van der Waals surface area contributed by atoms with E-state index in [1.165, 1.54) is 19.1 Å². The van der Waals surface area contributed by atoms with Gasteiger partial charge in [0.25, 0.3) is 5.91 Å². The third-order valence-corrected chi connectivity index (χ3v) is 2.53. The number of amides is 2. The second kappa shape index (κ2) is 4.41. The second-order valence-corrected chi connectivity index (χ2v) is 3.39. The molecule has 1 rings (SSSR count). The van der Waals surface area contributed by atoms with Crippen molar-refractivity contribution in [2.75, 3.05) is 20.7 Å². The van der Waals surface area contributed by atoms with E-state index in [0.717, 1.165) is 12.8 Å². The number of hydrogen-bond acceptors (Lipinski definition) is 3. The predicted octanol–water partition coefficient (Wildman–Crippen LogP) is 0.0171. The molecule has 5 nitrogen and oxygen atoms in total. The summed E-state index contributed by atoms with van der Waals surface area (Å²) in [6.45, 7) is 2.15. The third-order valence-electron chi connectivity index (χ3n) is 2.53. The highest BCUT2D eigenvalue weighted by atomic mass is 16.7. The average Bonchev–Trinajstić information content (AvgIpc) is 2.63. The number of carbonyl (C=O) groups excluding carboxylic acids is 2. The molecule has 0 N–H and O–H groups in total. The van der Waals surface area contributed by atoms with Crippen LogP contribution in [0.4, 0.5) is 0 Å². The molecule has 1 fully saturated rings. The van der Waals surface area contributed by atoms with Gasteiger partial charge in [-0.25, -0.2) is 5.06 Å². The van der Waals surface area contributed by atoms with Crippen LogP contribution in [0.15, 0.2) is 0 Å². The van der Waals surface area contributed by atoms with Crippen molar-refractivity contribution in [2.24, 2.45) is 0 Å². The van der Waals surface area contributed by atoms with E-state index in [1.54, 1.807) is 11.9 Å². The van der Waals surface area contributed by atoms with Gasteiger partial charge in [-0.2, -0.15) is 0 Å². The third kappa shape index (κ3) is 2.04. The molecule has 1 aliphatic rings. The van der Waals surface area contributed by atoms with Gasteiger partial charge in [0, 0.05) is 20.5 Å². The molecule has 2 amide bonds. The Morgan fingerprint density at radius 1 is 1.50 bits per heavy atom. The van der Waals surface area contributed by atoms with Gasteiger partial charge in [-0.3, -0.25) is 14.4 Å². The molecular weight excluding hydrogens is 184 g/mol. The molecule has 0 radical (unpaired) electrons. The highest BCUT2D eigenvalue weighted by molar-refractivity contribution is 5.86. The lowest BCUT2D eigenvalue weighted by molar-refractivity contribution is -0.174. The summed E-state index contributed by atoms with van der Waals surface area (Å²) < 4.78 is 0. The van der Waals surface area contributed by atoms with Crippen LogP contribution in [0.3, 0.4) is 0 Å². The molecule has 1 heterocycles. The van der Waals surface area contributed by atoms with Gasteiger partial charge in [0.15, 0.2) is 0 Å². The summed E-state index contributed by atoms with van der Waals surface area (Å²) in [6, 6.07) is -0.336. The van der Waals surface area contributed by atoms with Crippen LogP contribution in [-0.4, -0.2) is 48.5 Å². The first-order chi connectivity index (χ1) is 6.57. The normalized spacial score (nSPS) is 21.1. The van der Waals surface area contributed by atoms with Crippen molar-refractivity contribution in [1.82, 2.24) is 9.96 Å². The molecular formula is C9H16N2O3. The fourth-order valence-electron chi connectivity index (χ4n) is 1.70. The first kappa shape index (κ1) is 11.0. The first-order valence-electron chi connectivity index (χ1n) is 4.66. The Bertz CT molecular complexity index is 242. The lowest BCUT2D eigenvalue weighted by Gasteiger charge is -2.25. The minimum absolute atomic E-state index is 0.0506. The Labute approximate surface area is 83.6 Å². The maximum absolute atomic E-state index is 11.7. The van der Waals surface area contributed by atoms with Crippen LogP contribution in [-0.2, 0) is 14.4 Å². The first-order valence-corrected chi connectivity index (χ1v) is 4.66. The van der Waals surface area contributed by atoms with Crippen molar-refractivity contribution in [3.8, 4) is 0 Å². The van der Waals surface area contributed by atoms with Gasteiger partial charge < -0.3 is 4.90 Å². The Balaban J connectivity index is 2.67. The van der Waals surface area contributed by atoms with Gasteiger partial charge >= 0.3 is 0 Å². The van der Waals surface area contributed by atoms with E-state index in [2.05, 4.69) is 0 Å². The number of hydrogen-bond donors (Lipinski definition) is 0. The summed E-state index contributed by atoms with van der Waals surface area (Å²) >= 11 is 0. The largest absolute Gasteiger partial charge is 0.331 e. The van der Waals surface area contributed by atoms with Gasteiger partial charge in [0.05, 0.1) is 7.11 Å². The SMILES string of the molecule is CON(C)C(=O)[C@@H]1CCCN1C(C)=O. The number of nitrogens with zero attached hydrogens (tertiary/aromatic N) is 2. The molecule has 1 saturated heterocycles. The number of likely N-dealkylation sites (tertiary alicyclic amines) is 1. The zero-order chi connectivity index (χ0) is 10.7. The monoisotopic (exact) mass is 200 g/mol. The summed E-state index contributed by atoms with van der Waals surface area (Å²) in [4.78, 5) is 29.3. The zero-order valence-corrected chi connectivity index (χ0v) is 8.82. The molecule has 80 valence electrons. The molecule has 0 aromatic heterocycles. The Morgan fingerprint density at radius 3 is 2.64 bits per heavy atom. The molecule has 0 unspecified atom stereocenters. The van der Waals surface area contributed by atoms with Crippen molar-refractivity contribution in [3.05, 3.63) is 0 Å². The quantitative estimate of drug-likeness (QED) is 0.590. The Morgan fingerprint density at radius 2 is 2.14 bits per heavy atom.